The zero-order valence-corrected chi connectivity index (χ0v) is 25.4. The van der Waals surface area contributed by atoms with Gasteiger partial charge in [-0.05, 0) is 49.1 Å². The second-order valence-corrected chi connectivity index (χ2v) is 13.2. The summed E-state index contributed by atoms with van der Waals surface area (Å²) in [6, 6.07) is 5.98. The molecule has 0 aliphatic carbocycles. The lowest BCUT2D eigenvalue weighted by Gasteiger charge is -2.30. The highest BCUT2D eigenvalue weighted by molar-refractivity contribution is 7.23. The molecule has 45 heavy (non-hydrogen) atoms. The summed E-state index contributed by atoms with van der Waals surface area (Å²) in [4.78, 5) is 23.0. The number of nitrogens with two attached hydrogens (primary N) is 1. The minimum absolute atomic E-state index is 0.00317. The lowest BCUT2D eigenvalue weighted by molar-refractivity contribution is -0.119. The van der Waals surface area contributed by atoms with Crippen molar-refractivity contribution in [3.05, 3.63) is 52.3 Å². The summed E-state index contributed by atoms with van der Waals surface area (Å²) in [6.07, 6.45) is 3.27. The van der Waals surface area contributed by atoms with Crippen molar-refractivity contribution < 1.29 is 22.7 Å². The van der Waals surface area contributed by atoms with Crippen molar-refractivity contribution in [3.8, 4) is 23.2 Å². The molecule has 7 rings (SSSR count). The summed E-state index contributed by atoms with van der Waals surface area (Å²) < 4.78 is 51.2. The summed E-state index contributed by atoms with van der Waals surface area (Å²) >= 11 is 7.63. The average Bonchev–Trinajstić information content (AvgIpc) is 3.78. The molecule has 9 nitrogen and oxygen atoms in total. The summed E-state index contributed by atoms with van der Waals surface area (Å²) in [5.74, 6) is -1.20. The first-order valence-electron chi connectivity index (χ1n) is 14.5. The molecule has 3 fully saturated rings. The Hall–Kier alpha value is -4.12. The predicted octanol–water partition coefficient (Wildman–Crippen LogP) is 5.92. The number of carbonyl (C=O) groups is 1. The summed E-state index contributed by atoms with van der Waals surface area (Å²) in [7, 11) is 0. The van der Waals surface area contributed by atoms with E-state index in [1.54, 1.807) is 0 Å². The number of anilines is 2. The first-order chi connectivity index (χ1) is 21.7. The van der Waals surface area contributed by atoms with Crippen LogP contribution in [0.25, 0.3) is 32.1 Å². The van der Waals surface area contributed by atoms with E-state index in [4.69, 9.17) is 22.1 Å². The van der Waals surface area contributed by atoms with Gasteiger partial charge in [-0.15, -0.1) is 11.3 Å². The van der Waals surface area contributed by atoms with Crippen LogP contribution in [0.2, 0.25) is 5.02 Å². The molecule has 4 N–H and O–H groups in total. The van der Waals surface area contributed by atoms with Crippen LogP contribution in [-0.4, -0.2) is 59.1 Å². The maximum Gasteiger partial charge on any atom is 0.319 e. The Kier molecular flexibility index (Phi) is 7.46. The molecule has 14 heteroatoms. The van der Waals surface area contributed by atoms with E-state index in [0.29, 0.717) is 44.4 Å². The lowest BCUT2D eigenvalue weighted by Crippen LogP contribution is -2.43. The molecule has 2 aromatic carbocycles. The van der Waals surface area contributed by atoms with E-state index in [1.165, 1.54) is 18.2 Å². The monoisotopic (exact) mass is 653 g/mol. The van der Waals surface area contributed by atoms with Crippen molar-refractivity contribution in [2.75, 3.05) is 43.8 Å². The Morgan fingerprint density at radius 2 is 2.20 bits per heavy atom. The third-order valence-electron chi connectivity index (χ3n) is 9.00. The molecular weight excluding hydrogens is 627 g/mol. The number of amides is 1. The average molecular weight is 654 g/mol. The predicted molar refractivity (Wildman–Crippen MR) is 167 cm³/mol. The second-order valence-electron chi connectivity index (χ2n) is 11.8. The molecule has 0 saturated carbocycles. The Bertz CT molecular complexity index is 1960. The van der Waals surface area contributed by atoms with Crippen molar-refractivity contribution in [3.63, 3.8) is 0 Å². The first-order valence-corrected chi connectivity index (χ1v) is 15.7. The van der Waals surface area contributed by atoms with Gasteiger partial charge in [0.05, 0.1) is 27.2 Å². The smallest absolute Gasteiger partial charge is 0.319 e. The molecule has 2 unspecified atom stereocenters. The fourth-order valence-electron chi connectivity index (χ4n) is 6.83. The van der Waals surface area contributed by atoms with Crippen LogP contribution in [-0.2, 0) is 4.79 Å². The van der Waals surface area contributed by atoms with Crippen LogP contribution in [0, 0.1) is 28.9 Å². The van der Waals surface area contributed by atoms with Crippen LogP contribution in [0.15, 0.2) is 30.1 Å². The van der Waals surface area contributed by atoms with E-state index < -0.39 is 17.2 Å². The number of nitriles is 1. The van der Waals surface area contributed by atoms with E-state index in [1.807, 2.05) is 6.07 Å². The van der Waals surface area contributed by atoms with Crippen molar-refractivity contribution >= 4 is 60.7 Å². The number of halogens is 4. The third kappa shape index (κ3) is 5.01. The van der Waals surface area contributed by atoms with Gasteiger partial charge in [0.25, 0.3) is 0 Å². The van der Waals surface area contributed by atoms with Crippen LogP contribution in [0.3, 0.4) is 0 Å². The largest absolute Gasteiger partial charge is 0.461 e. The summed E-state index contributed by atoms with van der Waals surface area (Å²) in [6.45, 7) is 2.38. The number of carbonyl (C=O) groups excluding carboxylic acids is 1. The molecule has 0 radical (unpaired) electrons. The number of rotatable bonds is 7. The number of aromatic nitrogens is 2. The molecule has 2 atom stereocenters. The highest BCUT2D eigenvalue weighted by Gasteiger charge is 2.47. The quantitative estimate of drug-likeness (QED) is 0.224. The van der Waals surface area contributed by atoms with E-state index >= 15 is 4.39 Å². The molecule has 2 aromatic heterocycles. The standard InChI is InChI=1S/C31H27ClF3N7O2S/c32-20-7-18-26(25(35)24(20)17-2-3-21(34)27-23(17)19(10-36)28(37)45-27)40-30(41-29(18)39-12-15-6-22(43)38-11-15)44-14-31-4-1-5-42(31)13-16(8-31)9-33/h2-3,7,9,15H,1,4-6,8,11-14,37H2,(H,38,43)(H,39,40,41)/b16-9-. The summed E-state index contributed by atoms with van der Waals surface area (Å²) in [5.41, 5.74) is 6.37. The molecule has 3 saturated heterocycles. The van der Waals surface area contributed by atoms with Gasteiger partial charge in [0.1, 0.15) is 34.8 Å². The maximum absolute atomic E-state index is 16.7. The second kappa shape index (κ2) is 11.3. The number of nitrogens with zero attached hydrogens (tertiary/aromatic N) is 4. The molecule has 3 aliphatic rings. The van der Waals surface area contributed by atoms with Crippen LogP contribution in [0.5, 0.6) is 6.01 Å². The van der Waals surface area contributed by atoms with Gasteiger partial charge in [0.2, 0.25) is 5.91 Å². The van der Waals surface area contributed by atoms with Gasteiger partial charge < -0.3 is 21.1 Å². The third-order valence-corrected chi connectivity index (χ3v) is 10.3. The van der Waals surface area contributed by atoms with Gasteiger partial charge in [-0.2, -0.15) is 15.2 Å². The fourth-order valence-corrected chi connectivity index (χ4v) is 8.07. The number of hydrogen-bond acceptors (Lipinski definition) is 9. The Labute approximate surface area is 264 Å². The van der Waals surface area contributed by atoms with E-state index in [2.05, 4.69) is 25.5 Å². The highest BCUT2D eigenvalue weighted by Crippen LogP contribution is 2.46. The number of thiophene rings is 1. The number of fused-ring (bicyclic) bond motifs is 3. The van der Waals surface area contributed by atoms with Gasteiger partial charge in [-0.3, -0.25) is 9.69 Å². The first kappa shape index (κ1) is 29.6. The van der Waals surface area contributed by atoms with Crippen molar-refractivity contribution in [2.24, 2.45) is 5.92 Å². The zero-order chi connectivity index (χ0) is 31.5. The lowest BCUT2D eigenvalue weighted by atomic mass is 9.94. The van der Waals surface area contributed by atoms with Gasteiger partial charge in [0.15, 0.2) is 5.82 Å². The summed E-state index contributed by atoms with van der Waals surface area (Å²) in [5, 5.41) is 16.4. The number of benzene rings is 2. The Morgan fingerprint density at radius 3 is 2.96 bits per heavy atom. The van der Waals surface area contributed by atoms with Crippen LogP contribution in [0.1, 0.15) is 31.2 Å². The van der Waals surface area contributed by atoms with Gasteiger partial charge in [-0.25, -0.2) is 13.2 Å². The molecular formula is C31H27ClF3N7O2S. The SMILES string of the molecule is N#Cc1c(N)sc2c(F)ccc(-c3c(Cl)cc4c(NCC5CNC(=O)C5)nc(OCC56CCCN5C/C(=C\F)C6)nc4c3F)c12. The van der Waals surface area contributed by atoms with E-state index in [-0.39, 0.29) is 78.0 Å². The van der Waals surface area contributed by atoms with Crippen molar-refractivity contribution in [1.82, 2.24) is 20.2 Å². The minimum atomic E-state index is -0.809. The maximum atomic E-state index is 16.7. The van der Waals surface area contributed by atoms with Gasteiger partial charge >= 0.3 is 6.01 Å². The molecule has 0 spiro atoms. The number of nitrogens with one attached hydrogen (secondary N) is 2. The zero-order valence-electron chi connectivity index (χ0n) is 23.9. The number of nitrogen functional groups attached to an aromatic ring is 1. The number of hydrogen-bond donors (Lipinski definition) is 3. The molecule has 5 heterocycles. The van der Waals surface area contributed by atoms with Crippen molar-refractivity contribution in [2.45, 2.75) is 31.2 Å². The molecule has 4 aromatic rings. The minimum Gasteiger partial charge on any atom is -0.461 e. The van der Waals surface area contributed by atoms with E-state index in [0.717, 1.165) is 30.7 Å². The Morgan fingerprint density at radius 1 is 1.36 bits per heavy atom. The molecule has 1 amide bonds. The van der Waals surface area contributed by atoms with Gasteiger partial charge in [-0.1, -0.05) is 17.7 Å². The molecule has 0 bridgehead atoms. The van der Waals surface area contributed by atoms with Crippen LogP contribution >= 0.6 is 22.9 Å². The van der Waals surface area contributed by atoms with Crippen LogP contribution in [0.4, 0.5) is 24.0 Å². The molecule has 232 valence electrons. The van der Waals surface area contributed by atoms with E-state index in [9.17, 15) is 18.8 Å². The normalized spacial score (nSPS) is 22.3. The highest BCUT2D eigenvalue weighted by atomic mass is 35.5. The topological polar surface area (TPSA) is 129 Å². The molecule has 3 aliphatic heterocycles. The van der Waals surface area contributed by atoms with Gasteiger partial charge in [0, 0.05) is 48.3 Å². The Balaban J connectivity index is 1.34. The number of ether oxygens (including phenoxy) is 1. The van der Waals surface area contributed by atoms with Crippen molar-refractivity contribution in [1.29, 1.82) is 5.26 Å². The fraction of sp³-hybridized carbons (Fsp3) is 0.355. The van der Waals surface area contributed by atoms with Crippen LogP contribution < -0.4 is 21.1 Å².